The smallest absolute Gasteiger partial charge is 0.438 e. The molecule has 3 nitrogen and oxygen atoms in total. The van der Waals surface area contributed by atoms with Gasteiger partial charge in [-0.2, -0.15) is 0 Å². The number of hydrogen-bond donors (Lipinski definition) is 0. The van der Waals surface area contributed by atoms with Gasteiger partial charge in [0.2, 0.25) is 0 Å². The van der Waals surface area contributed by atoms with Crippen molar-refractivity contribution in [3.05, 3.63) is 59.7 Å². The summed E-state index contributed by atoms with van der Waals surface area (Å²) in [6.45, 7) is 4.56. The standard InChI is InChI=1S/C36H52O3/c1-4-6-7-8-9-25-36(39-35(37)38-3)26-23-34(24-27-36)33-21-19-32(20-22-33)31-17-15-30(16-18-31)29-13-11-28(10-5-2)12-14-29/h15-22,28-29,34H,4-14,23-27H2,1-3H3/t28-,29-,34?,36?. The fourth-order valence-electron chi connectivity index (χ4n) is 7.24. The van der Waals surface area contributed by atoms with E-state index in [4.69, 9.17) is 9.47 Å². The minimum Gasteiger partial charge on any atom is -0.438 e. The first kappa shape index (κ1) is 29.7. The Morgan fingerprint density at radius 1 is 0.718 bits per heavy atom. The number of benzene rings is 2. The van der Waals surface area contributed by atoms with Crippen LogP contribution in [-0.4, -0.2) is 18.9 Å². The molecular formula is C36H52O3. The number of methoxy groups -OCH3 is 1. The molecule has 0 bridgehead atoms. The fourth-order valence-corrected chi connectivity index (χ4v) is 7.24. The van der Waals surface area contributed by atoms with Crippen molar-refractivity contribution >= 4 is 6.16 Å². The molecule has 0 atom stereocenters. The predicted molar refractivity (Wildman–Crippen MR) is 162 cm³/mol. The third-order valence-corrected chi connectivity index (χ3v) is 9.74. The summed E-state index contributed by atoms with van der Waals surface area (Å²) in [5, 5.41) is 0. The fraction of sp³-hybridized carbons (Fsp3) is 0.639. The lowest BCUT2D eigenvalue weighted by Gasteiger charge is -2.39. The van der Waals surface area contributed by atoms with Crippen molar-refractivity contribution in [2.24, 2.45) is 5.92 Å². The van der Waals surface area contributed by atoms with E-state index in [1.807, 2.05) is 0 Å². The number of carbonyl (C=O) groups excluding carboxylic acids is 1. The average Bonchev–Trinajstić information content (AvgIpc) is 2.98. The Morgan fingerprint density at radius 3 is 1.77 bits per heavy atom. The molecule has 0 aromatic heterocycles. The molecule has 0 aliphatic heterocycles. The molecule has 2 aromatic carbocycles. The van der Waals surface area contributed by atoms with Gasteiger partial charge in [-0.05, 0) is 104 Å². The maximum absolute atomic E-state index is 12.0. The quantitative estimate of drug-likeness (QED) is 0.201. The van der Waals surface area contributed by atoms with Crippen LogP contribution in [0.15, 0.2) is 48.5 Å². The molecule has 2 saturated carbocycles. The molecule has 2 aliphatic carbocycles. The molecule has 2 fully saturated rings. The molecule has 4 rings (SSSR count). The summed E-state index contributed by atoms with van der Waals surface area (Å²) in [5.74, 6) is 2.23. The summed E-state index contributed by atoms with van der Waals surface area (Å²) in [7, 11) is 1.41. The highest BCUT2D eigenvalue weighted by Crippen LogP contribution is 2.43. The predicted octanol–water partition coefficient (Wildman–Crippen LogP) is 11.0. The lowest BCUT2D eigenvalue weighted by molar-refractivity contribution is -0.0574. The lowest BCUT2D eigenvalue weighted by Crippen LogP contribution is -2.39. The van der Waals surface area contributed by atoms with Gasteiger partial charge in [-0.25, -0.2) is 4.79 Å². The zero-order valence-corrected chi connectivity index (χ0v) is 24.9. The molecular weight excluding hydrogens is 480 g/mol. The van der Waals surface area contributed by atoms with Crippen LogP contribution < -0.4 is 0 Å². The number of unbranched alkanes of at least 4 members (excludes halogenated alkanes) is 4. The zero-order chi connectivity index (χ0) is 27.5. The van der Waals surface area contributed by atoms with E-state index in [1.165, 1.54) is 93.6 Å². The van der Waals surface area contributed by atoms with Gasteiger partial charge in [0.1, 0.15) is 5.60 Å². The Balaban J connectivity index is 1.31. The topological polar surface area (TPSA) is 35.5 Å². The van der Waals surface area contributed by atoms with E-state index < -0.39 is 6.16 Å². The van der Waals surface area contributed by atoms with E-state index in [0.717, 1.165) is 50.4 Å². The van der Waals surface area contributed by atoms with Gasteiger partial charge in [0.25, 0.3) is 0 Å². The monoisotopic (exact) mass is 532 g/mol. The van der Waals surface area contributed by atoms with Crippen molar-refractivity contribution < 1.29 is 14.3 Å². The largest absolute Gasteiger partial charge is 0.508 e. The van der Waals surface area contributed by atoms with Crippen molar-refractivity contribution in [3.63, 3.8) is 0 Å². The minimum absolute atomic E-state index is 0.354. The van der Waals surface area contributed by atoms with Gasteiger partial charge in [0.05, 0.1) is 7.11 Å². The van der Waals surface area contributed by atoms with Crippen molar-refractivity contribution in [1.29, 1.82) is 0 Å². The Bertz CT molecular complexity index is 977. The van der Waals surface area contributed by atoms with Crippen molar-refractivity contribution in [1.82, 2.24) is 0 Å². The third kappa shape index (κ3) is 8.35. The third-order valence-electron chi connectivity index (χ3n) is 9.74. The molecule has 0 heterocycles. The highest BCUT2D eigenvalue weighted by atomic mass is 16.7. The molecule has 3 heteroatoms. The van der Waals surface area contributed by atoms with E-state index in [9.17, 15) is 4.79 Å². The maximum atomic E-state index is 12.0. The highest BCUT2D eigenvalue weighted by Gasteiger charge is 2.39. The van der Waals surface area contributed by atoms with Crippen LogP contribution in [0.3, 0.4) is 0 Å². The van der Waals surface area contributed by atoms with Crippen LogP contribution in [0.5, 0.6) is 0 Å². The van der Waals surface area contributed by atoms with Crippen LogP contribution in [0.2, 0.25) is 0 Å². The second-order valence-corrected chi connectivity index (χ2v) is 12.4. The van der Waals surface area contributed by atoms with Gasteiger partial charge in [0.15, 0.2) is 0 Å². The number of carbonyl (C=O) groups is 1. The van der Waals surface area contributed by atoms with Gasteiger partial charge in [-0.3, -0.25) is 0 Å². The molecule has 0 unspecified atom stereocenters. The van der Waals surface area contributed by atoms with E-state index in [1.54, 1.807) is 0 Å². The summed E-state index contributed by atoms with van der Waals surface area (Å²) < 4.78 is 10.8. The summed E-state index contributed by atoms with van der Waals surface area (Å²) >= 11 is 0. The number of rotatable bonds is 12. The van der Waals surface area contributed by atoms with Crippen molar-refractivity contribution in [2.45, 2.75) is 134 Å². The molecule has 2 aliphatic rings. The summed E-state index contributed by atoms with van der Waals surface area (Å²) in [6, 6.07) is 18.6. The van der Waals surface area contributed by atoms with Crippen LogP contribution in [0.25, 0.3) is 11.1 Å². The average molecular weight is 533 g/mol. The van der Waals surface area contributed by atoms with Crippen LogP contribution in [0.4, 0.5) is 4.79 Å². The molecule has 0 saturated heterocycles. The van der Waals surface area contributed by atoms with E-state index in [-0.39, 0.29) is 5.60 Å². The van der Waals surface area contributed by atoms with Gasteiger partial charge in [-0.1, -0.05) is 101 Å². The van der Waals surface area contributed by atoms with Gasteiger partial charge in [0, 0.05) is 0 Å². The Morgan fingerprint density at radius 2 is 1.26 bits per heavy atom. The molecule has 39 heavy (non-hydrogen) atoms. The van der Waals surface area contributed by atoms with Gasteiger partial charge >= 0.3 is 6.16 Å². The molecule has 0 radical (unpaired) electrons. The van der Waals surface area contributed by atoms with Crippen molar-refractivity contribution in [2.75, 3.05) is 7.11 Å². The van der Waals surface area contributed by atoms with Crippen molar-refractivity contribution in [3.8, 4) is 11.1 Å². The van der Waals surface area contributed by atoms with Gasteiger partial charge < -0.3 is 9.47 Å². The Kier molecular flexibility index (Phi) is 11.4. The Labute approximate surface area is 238 Å². The summed E-state index contributed by atoms with van der Waals surface area (Å²) in [6.07, 6.45) is 18.7. The minimum atomic E-state index is -0.526. The van der Waals surface area contributed by atoms with Crippen LogP contribution in [-0.2, 0) is 9.47 Å². The lowest BCUT2D eigenvalue weighted by atomic mass is 9.74. The molecule has 2 aromatic rings. The SMILES string of the molecule is CCCCCCCC1(OC(=O)OC)CCC(c2ccc(-c3ccc([C@H]4CC[C@H](CCC)CC4)cc3)cc2)CC1. The normalized spacial score (nSPS) is 25.3. The maximum Gasteiger partial charge on any atom is 0.508 e. The molecule has 214 valence electrons. The van der Waals surface area contributed by atoms with Crippen LogP contribution >= 0.6 is 0 Å². The van der Waals surface area contributed by atoms with Crippen LogP contribution in [0, 0.1) is 5.92 Å². The van der Waals surface area contributed by atoms with E-state index >= 15 is 0 Å². The number of ether oxygens (including phenoxy) is 2. The Hall–Kier alpha value is -2.29. The first-order valence-corrected chi connectivity index (χ1v) is 16.0. The molecule has 0 amide bonds. The highest BCUT2D eigenvalue weighted by molar-refractivity contribution is 5.64. The zero-order valence-electron chi connectivity index (χ0n) is 24.9. The molecule has 0 spiro atoms. The van der Waals surface area contributed by atoms with Crippen LogP contribution in [0.1, 0.15) is 140 Å². The summed E-state index contributed by atoms with van der Waals surface area (Å²) in [5.41, 5.74) is 5.18. The van der Waals surface area contributed by atoms with E-state index in [2.05, 4.69) is 62.4 Å². The second-order valence-electron chi connectivity index (χ2n) is 12.4. The van der Waals surface area contributed by atoms with Gasteiger partial charge in [-0.15, -0.1) is 0 Å². The van der Waals surface area contributed by atoms with E-state index in [0.29, 0.717) is 5.92 Å². The molecule has 0 N–H and O–H groups in total. The first-order chi connectivity index (χ1) is 19.1. The summed E-state index contributed by atoms with van der Waals surface area (Å²) in [4.78, 5) is 12.0. The second kappa shape index (κ2) is 14.9. The number of hydrogen-bond acceptors (Lipinski definition) is 3. The first-order valence-electron chi connectivity index (χ1n) is 16.0.